The summed E-state index contributed by atoms with van der Waals surface area (Å²) in [5, 5.41) is 48.6. The second-order valence-corrected chi connectivity index (χ2v) is 19.2. The molecule has 7 rings (SSSR count). The second-order valence-electron chi connectivity index (χ2n) is 17.7. The fourth-order valence-electron chi connectivity index (χ4n) is 8.03. The van der Waals surface area contributed by atoms with Gasteiger partial charge in [0.25, 0.3) is 10.1 Å². The number of rotatable bonds is 15. The average molecular weight is 959 g/mol. The van der Waals surface area contributed by atoms with Crippen molar-refractivity contribution in [3.63, 3.8) is 0 Å². The predicted octanol–water partition coefficient (Wildman–Crippen LogP) is 6.98. The third kappa shape index (κ3) is 12.1. The van der Waals surface area contributed by atoms with Crippen molar-refractivity contribution < 1.29 is 76.1 Å². The minimum absolute atomic E-state index is 0.0307. The summed E-state index contributed by atoms with van der Waals surface area (Å²) in [6, 6.07) is 22.5. The van der Waals surface area contributed by atoms with Crippen LogP contribution in [0.4, 0.5) is 0 Å². The highest BCUT2D eigenvalue weighted by atomic mass is 32.2. The van der Waals surface area contributed by atoms with Crippen molar-refractivity contribution in [2.45, 2.75) is 115 Å². The van der Waals surface area contributed by atoms with E-state index in [1.165, 1.54) is 32.4 Å². The molecular weight excluding hydrogens is 901 g/mol. The van der Waals surface area contributed by atoms with Crippen molar-refractivity contribution in [2.75, 3.05) is 14.2 Å². The minimum Gasteiger partial charge on any atom is -0.496 e. The number of aliphatic hydroxyl groups is 5. The predicted molar refractivity (Wildman–Crippen MR) is 247 cm³/mol. The van der Waals surface area contributed by atoms with Crippen LogP contribution in [-0.4, -0.2) is 71.3 Å². The van der Waals surface area contributed by atoms with Crippen LogP contribution in [0, 0.1) is 6.92 Å². The van der Waals surface area contributed by atoms with Gasteiger partial charge >= 0.3 is 11.9 Å². The van der Waals surface area contributed by atoms with Gasteiger partial charge in [0, 0.05) is 35.1 Å². The molecule has 16 nitrogen and oxygen atoms in total. The van der Waals surface area contributed by atoms with Crippen LogP contribution in [0.15, 0.2) is 89.8 Å². The molecule has 0 spiro atoms. The van der Waals surface area contributed by atoms with Crippen LogP contribution in [0.2, 0.25) is 0 Å². The molecule has 0 saturated carbocycles. The number of carbonyl (C=O) groups is 2. The first-order valence-corrected chi connectivity index (χ1v) is 23.1. The molecule has 2 atom stereocenters. The maximum Gasteiger partial charge on any atom is 0.338 e. The van der Waals surface area contributed by atoms with Gasteiger partial charge in [0.1, 0.15) is 53.5 Å². The van der Waals surface area contributed by atoms with E-state index in [2.05, 4.69) is 0 Å². The molecule has 0 saturated heterocycles. The molecule has 364 valence electrons. The fraction of sp³-hybridized carbons (Fsp3) is 0.373. The standard InChI is InChI=1S/C29H32O9S.C22H26O7/c1-18-5-8-22(9-6-18)39(33,34)38-27-14-29(2,3)37-25-10-7-20(13-23(25)27)28(32)36-17-19-11-21(15-30)24(16-31)26(12-19)35-4;1-22(2)9-18(25)16-8-14(4-5-19(16)29-22)21(26)28-12-13-6-15(10-23)17(11-24)20(7-13)27-3/h5-13,27,30-31H,14-17H2,1-4H3;4-8,18,23-25H,9-12H2,1-3H3. The van der Waals surface area contributed by atoms with E-state index in [0.29, 0.717) is 79.5 Å². The number of aryl methyl sites for hydroxylation is 1. The smallest absolute Gasteiger partial charge is 0.338 e. The van der Waals surface area contributed by atoms with Gasteiger partial charge in [-0.15, -0.1) is 0 Å². The lowest BCUT2D eigenvalue weighted by atomic mass is 9.91. The molecule has 0 radical (unpaired) electrons. The molecule has 5 aromatic rings. The van der Waals surface area contributed by atoms with Crippen LogP contribution in [0.1, 0.15) is 124 Å². The molecule has 2 aliphatic heterocycles. The third-order valence-electron chi connectivity index (χ3n) is 11.4. The fourth-order valence-corrected chi connectivity index (χ4v) is 9.09. The highest BCUT2D eigenvalue weighted by Gasteiger charge is 2.38. The Morgan fingerprint density at radius 2 is 1.09 bits per heavy atom. The van der Waals surface area contributed by atoms with E-state index >= 15 is 0 Å². The Labute approximate surface area is 395 Å². The van der Waals surface area contributed by atoms with Gasteiger partial charge < -0.3 is 54.0 Å². The van der Waals surface area contributed by atoms with E-state index in [1.54, 1.807) is 66.7 Å². The van der Waals surface area contributed by atoms with Crippen molar-refractivity contribution in [2.24, 2.45) is 0 Å². The summed E-state index contributed by atoms with van der Waals surface area (Å²) in [6.07, 6.45) is -0.932. The Morgan fingerprint density at radius 3 is 1.54 bits per heavy atom. The lowest BCUT2D eigenvalue weighted by Crippen LogP contribution is -2.36. The first-order valence-electron chi connectivity index (χ1n) is 21.7. The number of benzene rings is 5. The third-order valence-corrected chi connectivity index (χ3v) is 12.8. The molecule has 2 unspecified atom stereocenters. The summed E-state index contributed by atoms with van der Waals surface area (Å²) >= 11 is 0. The molecule has 68 heavy (non-hydrogen) atoms. The van der Waals surface area contributed by atoms with E-state index < -0.39 is 45.5 Å². The van der Waals surface area contributed by atoms with Gasteiger partial charge in [-0.3, -0.25) is 4.18 Å². The van der Waals surface area contributed by atoms with Crippen LogP contribution >= 0.6 is 0 Å². The topological polar surface area (TPSA) is 234 Å². The van der Waals surface area contributed by atoms with Crippen LogP contribution < -0.4 is 18.9 Å². The SMILES string of the molecule is COc1cc(COC(=O)c2ccc3c(c2)C(O)CC(C)(C)O3)cc(CO)c1CO.COc1cc(COC(=O)c2ccc3c(c2)C(OS(=O)(=O)c2ccc(C)cc2)CC(C)(C)O3)cc(CO)c1CO. The number of carbonyl (C=O) groups excluding carboxylic acids is 2. The maximum atomic E-state index is 13.1. The van der Waals surface area contributed by atoms with E-state index in [1.807, 2.05) is 34.6 Å². The van der Waals surface area contributed by atoms with E-state index in [0.717, 1.165) is 5.56 Å². The molecule has 0 aliphatic carbocycles. The van der Waals surface area contributed by atoms with E-state index in [-0.39, 0.29) is 56.5 Å². The largest absolute Gasteiger partial charge is 0.496 e. The summed E-state index contributed by atoms with van der Waals surface area (Å²) in [5.74, 6) is 0.588. The van der Waals surface area contributed by atoms with Gasteiger partial charge in [0.2, 0.25) is 0 Å². The van der Waals surface area contributed by atoms with Gasteiger partial charge in [-0.2, -0.15) is 8.42 Å². The van der Waals surface area contributed by atoms with Crippen LogP contribution in [0.5, 0.6) is 23.0 Å². The lowest BCUT2D eigenvalue weighted by Gasteiger charge is -2.37. The minimum atomic E-state index is -4.09. The zero-order valence-corrected chi connectivity index (χ0v) is 39.8. The van der Waals surface area contributed by atoms with Gasteiger partial charge in [-0.05, 0) is 130 Å². The quantitative estimate of drug-likeness (QED) is 0.0526. The van der Waals surface area contributed by atoms with E-state index in [4.69, 9.17) is 32.6 Å². The van der Waals surface area contributed by atoms with Gasteiger partial charge in [0.05, 0.1) is 62.8 Å². The molecule has 5 aromatic carbocycles. The Balaban J connectivity index is 0.000000234. The highest BCUT2D eigenvalue weighted by Crippen LogP contribution is 2.44. The normalized spacial score (nSPS) is 16.6. The molecule has 0 fully saturated rings. The maximum absolute atomic E-state index is 13.1. The highest BCUT2D eigenvalue weighted by molar-refractivity contribution is 7.86. The van der Waals surface area contributed by atoms with Crippen LogP contribution in [0.3, 0.4) is 0 Å². The Morgan fingerprint density at radius 1 is 0.632 bits per heavy atom. The summed E-state index contributed by atoms with van der Waals surface area (Å²) in [7, 11) is -1.18. The Hall–Kier alpha value is -6.05. The van der Waals surface area contributed by atoms with Gasteiger partial charge in [0.15, 0.2) is 0 Å². The monoisotopic (exact) mass is 958 g/mol. The zero-order chi connectivity index (χ0) is 49.6. The average Bonchev–Trinajstić information content (AvgIpc) is 3.30. The van der Waals surface area contributed by atoms with Gasteiger partial charge in [-0.1, -0.05) is 17.7 Å². The van der Waals surface area contributed by atoms with Crippen molar-refractivity contribution in [1.29, 1.82) is 0 Å². The number of methoxy groups -OCH3 is 2. The molecule has 0 aromatic heterocycles. The molecule has 0 bridgehead atoms. The summed E-state index contributed by atoms with van der Waals surface area (Å²) in [4.78, 5) is 25.5. The Bertz CT molecular complexity index is 2680. The first-order chi connectivity index (χ1) is 32.2. The van der Waals surface area contributed by atoms with Crippen LogP contribution in [0.25, 0.3) is 0 Å². The first kappa shape index (κ1) is 51.3. The number of ether oxygens (including phenoxy) is 6. The zero-order valence-electron chi connectivity index (χ0n) is 39.0. The molecular formula is C51H58O16S. The van der Waals surface area contributed by atoms with Crippen molar-refractivity contribution >= 4 is 22.1 Å². The summed E-state index contributed by atoms with van der Waals surface area (Å²) in [5.41, 5.74) is 4.36. The number of hydrogen-bond donors (Lipinski definition) is 5. The summed E-state index contributed by atoms with van der Waals surface area (Å²) in [6.45, 7) is 8.03. The molecule has 2 heterocycles. The number of esters is 2. The molecule has 0 amide bonds. The van der Waals surface area contributed by atoms with Gasteiger partial charge in [-0.25, -0.2) is 9.59 Å². The molecule has 5 N–H and O–H groups in total. The Kier molecular flexibility index (Phi) is 16.2. The van der Waals surface area contributed by atoms with Crippen molar-refractivity contribution in [1.82, 2.24) is 0 Å². The number of fused-ring (bicyclic) bond motifs is 2. The number of aliphatic hydroxyl groups excluding tert-OH is 5. The molecule has 17 heteroatoms. The summed E-state index contributed by atoms with van der Waals surface area (Å²) < 4.78 is 65.1. The van der Waals surface area contributed by atoms with Crippen molar-refractivity contribution in [3.8, 4) is 23.0 Å². The lowest BCUT2D eigenvalue weighted by molar-refractivity contribution is 0.0113. The molecule has 2 aliphatic rings. The second kappa shape index (κ2) is 21.5. The van der Waals surface area contributed by atoms with E-state index in [9.17, 15) is 43.5 Å². The van der Waals surface area contributed by atoms with Crippen LogP contribution in [-0.2, 0) is 63.4 Å². The number of hydrogen-bond acceptors (Lipinski definition) is 16. The van der Waals surface area contributed by atoms with Crippen molar-refractivity contribution in [3.05, 3.63) is 146 Å².